The van der Waals surface area contributed by atoms with Gasteiger partial charge in [0.05, 0.1) is 11.1 Å². The Bertz CT molecular complexity index is 868. The van der Waals surface area contributed by atoms with E-state index in [-0.39, 0.29) is 5.56 Å². The third-order valence-corrected chi connectivity index (χ3v) is 5.37. The van der Waals surface area contributed by atoms with Gasteiger partial charge in [-0.2, -0.15) is 9.99 Å². The number of amides is 1. The SMILES string of the molecule is N#Cc1c(NC(=O)COC(=O)c2cc[n+]([O-])cc2)sc2c1CCCCC2. The van der Waals surface area contributed by atoms with Crippen molar-refractivity contribution in [1.82, 2.24) is 0 Å². The summed E-state index contributed by atoms with van der Waals surface area (Å²) in [6.45, 7) is -0.460. The number of esters is 1. The Labute approximate surface area is 154 Å². The summed E-state index contributed by atoms with van der Waals surface area (Å²) in [6.07, 6.45) is 7.41. The molecule has 0 spiro atoms. The predicted molar refractivity (Wildman–Crippen MR) is 94.6 cm³/mol. The summed E-state index contributed by atoms with van der Waals surface area (Å²) in [4.78, 5) is 25.1. The zero-order valence-electron chi connectivity index (χ0n) is 14.0. The molecule has 26 heavy (non-hydrogen) atoms. The summed E-state index contributed by atoms with van der Waals surface area (Å²) < 4.78 is 5.51. The summed E-state index contributed by atoms with van der Waals surface area (Å²) in [5.41, 5.74) is 1.75. The Morgan fingerprint density at radius 2 is 2.00 bits per heavy atom. The molecule has 3 rings (SSSR count). The zero-order valence-corrected chi connectivity index (χ0v) is 14.8. The highest BCUT2D eigenvalue weighted by Crippen LogP contribution is 2.36. The van der Waals surface area contributed by atoms with E-state index in [9.17, 15) is 20.1 Å². The van der Waals surface area contributed by atoms with Crippen LogP contribution in [0.5, 0.6) is 0 Å². The van der Waals surface area contributed by atoms with Crippen molar-refractivity contribution in [2.45, 2.75) is 32.1 Å². The summed E-state index contributed by atoms with van der Waals surface area (Å²) >= 11 is 1.43. The quantitative estimate of drug-likeness (QED) is 0.384. The van der Waals surface area contributed by atoms with Crippen LogP contribution in [0.15, 0.2) is 24.5 Å². The molecule has 2 aromatic heterocycles. The first-order chi connectivity index (χ1) is 12.6. The maximum atomic E-state index is 12.1. The van der Waals surface area contributed by atoms with Gasteiger partial charge in [-0.15, -0.1) is 11.3 Å². The van der Waals surface area contributed by atoms with Gasteiger partial charge in [-0.1, -0.05) is 6.42 Å². The standard InChI is InChI=1S/C18H17N3O4S/c19-10-14-13-4-2-1-3-5-15(13)26-17(14)20-16(22)11-25-18(23)12-6-8-21(24)9-7-12/h6-9H,1-5,11H2,(H,20,22). The number of anilines is 1. The molecular formula is C18H17N3O4S. The number of fused-ring (bicyclic) bond motifs is 1. The van der Waals surface area contributed by atoms with Crippen LogP contribution in [0.3, 0.4) is 0 Å². The van der Waals surface area contributed by atoms with Gasteiger partial charge in [0.1, 0.15) is 11.1 Å². The van der Waals surface area contributed by atoms with Crippen molar-refractivity contribution in [3.8, 4) is 6.07 Å². The lowest BCUT2D eigenvalue weighted by molar-refractivity contribution is -0.605. The highest BCUT2D eigenvalue weighted by Gasteiger charge is 2.21. The summed E-state index contributed by atoms with van der Waals surface area (Å²) in [6, 6.07) is 4.82. The molecule has 8 heteroatoms. The third-order valence-electron chi connectivity index (χ3n) is 4.16. The van der Waals surface area contributed by atoms with E-state index in [1.807, 2.05) is 0 Å². The molecule has 1 aliphatic rings. The maximum Gasteiger partial charge on any atom is 0.339 e. The molecule has 0 unspecified atom stereocenters. The van der Waals surface area contributed by atoms with E-state index in [1.54, 1.807) is 0 Å². The molecule has 134 valence electrons. The Balaban J connectivity index is 1.62. The Morgan fingerprint density at radius 1 is 1.27 bits per heavy atom. The number of pyridine rings is 1. The number of aryl methyl sites for hydroxylation is 1. The second-order valence-corrected chi connectivity index (χ2v) is 7.06. The molecule has 0 bridgehead atoms. The normalized spacial score (nSPS) is 13.2. The molecule has 0 atom stereocenters. The smallest absolute Gasteiger partial charge is 0.339 e. The molecule has 1 aliphatic carbocycles. The second-order valence-electron chi connectivity index (χ2n) is 5.95. The molecule has 0 radical (unpaired) electrons. The van der Waals surface area contributed by atoms with Gasteiger partial charge in [0.25, 0.3) is 5.91 Å². The molecule has 0 saturated carbocycles. The Hall–Kier alpha value is -2.92. The fourth-order valence-electron chi connectivity index (χ4n) is 2.88. The summed E-state index contributed by atoms with van der Waals surface area (Å²) in [5.74, 6) is -1.19. The lowest BCUT2D eigenvalue weighted by Crippen LogP contribution is -2.25. The van der Waals surface area contributed by atoms with Crippen LogP contribution in [-0.2, 0) is 22.4 Å². The third kappa shape index (κ3) is 4.00. The Kier molecular flexibility index (Phi) is 5.49. The number of carbonyl (C=O) groups excluding carboxylic acids is 2. The number of carbonyl (C=O) groups is 2. The highest BCUT2D eigenvalue weighted by atomic mass is 32.1. The lowest BCUT2D eigenvalue weighted by atomic mass is 10.1. The van der Waals surface area contributed by atoms with E-state index in [1.165, 1.54) is 35.9 Å². The van der Waals surface area contributed by atoms with Gasteiger partial charge in [-0.25, -0.2) is 4.79 Å². The van der Waals surface area contributed by atoms with Crippen LogP contribution in [0.25, 0.3) is 0 Å². The van der Waals surface area contributed by atoms with Gasteiger partial charge in [-0.05, 0) is 31.2 Å². The number of aromatic nitrogens is 1. The van der Waals surface area contributed by atoms with E-state index in [0.29, 0.717) is 15.3 Å². The van der Waals surface area contributed by atoms with E-state index in [0.717, 1.165) is 42.5 Å². The minimum atomic E-state index is -0.691. The molecule has 0 aliphatic heterocycles. The first kappa shape index (κ1) is 17.9. The second kappa shape index (κ2) is 7.97. The molecule has 2 aromatic rings. The van der Waals surface area contributed by atoms with E-state index in [2.05, 4.69) is 11.4 Å². The van der Waals surface area contributed by atoms with Crippen LogP contribution >= 0.6 is 11.3 Å². The van der Waals surface area contributed by atoms with Gasteiger partial charge in [-0.3, -0.25) is 4.79 Å². The molecule has 7 nitrogen and oxygen atoms in total. The highest BCUT2D eigenvalue weighted by molar-refractivity contribution is 7.16. The molecule has 0 aromatic carbocycles. The molecule has 0 fully saturated rings. The van der Waals surface area contributed by atoms with E-state index >= 15 is 0 Å². The fraction of sp³-hybridized carbons (Fsp3) is 0.333. The molecule has 1 N–H and O–H groups in total. The molecular weight excluding hydrogens is 354 g/mol. The van der Waals surface area contributed by atoms with Crippen molar-refractivity contribution in [2.75, 3.05) is 11.9 Å². The molecule has 1 amide bonds. The van der Waals surface area contributed by atoms with Gasteiger partial charge in [0, 0.05) is 17.0 Å². The van der Waals surface area contributed by atoms with Crippen molar-refractivity contribution >= 4 is 28.2 Å². The summed E-state index contributed by atoms with van der Waals surface area (Å²) in [5, 5.41) is 23.6. The summed E-state index contributed by atoms with van der Waals surface area (Å²) in [7, 11) is 0. The van der Waals surface area contributed by atoms with Gasteiger partial charge in [0.15, 0.2) is 19.0 Å². The largest absolute Gasteiger partial charge is 0.619 e. The minimum absolute atomic E-state index is 0.186. The first-order valence-corrected chi connectivity index (χ1v) is 9.10. The number of hydrogen-bond acceptors (Lipinski definition) is 6. The average Bonchev–Trinajstić information content (AvgIpc) is 2.79. The molecule has 2 heterocycles. The topological polar surface area (TPSA) is 106 Å². The average molecular weight is 371 g/mol. The van der Waals surface area contributed by atoms with Crippen molar-refractivity contribution < 1.29 is 19.1 Å². The van der Waals surface area contributed by atoms with Crippen molar-refractivity contribution in [3.05, 3.63) is 51.3 Å². The van der Waals surface area contributed by atoms with Gasteiger partial charge < -0.3 is 15.3 Å². The number of nitrogens with one attached hydrogen (secondary N) is 1. The van der Waals surface area contributed by atoms with Crippen LogP contribution in [0, 0.1) is 16.5 Å². The van der Waals surface area contributed by atoms with Gasteiger partial charge >= 0.3 is 5.97 Å². The maximum absolute atomic E-state index is 12.1. The van der Waals surface area contributed by atoms with Crippen LogP contribution < -0.4 is 10.0 Å². The fourth-order valence-corrected chi connectivity index (χ4v) is 4.13. The lowest BCUT2D eigenvalue weighted by Gasteiger charge is -2.06. The monoisotopic (exact) mass is 371 g/mol. The van der Waals surface area contributed by atoms with Crippen LogP contribution in [-0.4, -0.2) is 18.5 Å². The minimum Gasteiger partial charge on any atom is -0.619 e. The number of thiophene rings is 1. The van der Waals surface area contributed by atoms with Crippen LogP contribution in [0.4, 0.5) is 5.00 Å². The molecule has 0 saturated heterocycles. The zero-order chi connectivity index (χ0) is 18.5. The first-order valence-electron chi connectivity index (χ1n) is 8.29. The number of hydrogen-bond donors (Lipinski definition) is 1. The Morgan fingerprint density at radius 3 is 2.73 bits per heavy atom. The van der Waals surface area contributed by atoms with Crippen LogP contribution in [0.1, 0.15) is 45.6 Å². The van der Waals surface area contributed by atoms with Crippen molar-refractivity contribution in [2.24, 2.45) is 0 Å². The number of nitriles is 1. The van der Waals surface area contributed by atoms with Crippen LogP contribution in [0.2, 0.25) is 0 Å². The predicted octanol–water partition coefficient (Wildman–Crippen LogP) is 2.32. The van der Waals surface area contributed by atoms with Gasteiger partial charge in [0.2, 0.25) is 0 Å². The van der Waals surface area contributed by atoms with Crippen molar-refractivity contribution in [1.29, 1.82) is 5.26 Å². The van der Waals surface area contributed by atoms with E-state index < -0.39 is 18.5 Å². The van der Waals surface area contributed by atoms with E-state index in [4.69, 9.17) is 4.74 Å². The van der Waals surface area contributed by atoms with Crippen molar-refractivity contribution in [3.63, 3.8) is 0 Å². The number of ether oxygens (including phenoxy) is 1. The number of nitrogens with zero attached hydrogens (tertiary/aromatic N) is 2. The number of rotatable bonds is 4.